The van der Waals surface area contributed by atoms with Crippen molar-refractivity contribution >= 4 is 15.9 Å². The zero-order valence-corrected chi connectivity index (χ0v) is 12.8. The summed E-state index contributed by atoms with van der Waals surface area (Å²) in [7, 11) is 0. The summed E-state index contributed by atoms with van der Waals surface area (Å²) < 4.78 is 1.20. The number of nitrogens with two attached hydrogens (primary N) is 1. The van der Waals surface area contributed by atoms with Crippen LogP contribution in [0.3, 0.4) is 0 Å². The van der Waals surface area contributed by atoms with Crippen LogP contribution < -0.4 is 11.3 Å². The Morgan fingerprint density at radius 1 is 1.39 bits per heavy atom. The monoisotopic (exact) mass is 310 g/mol. The first-order valence-electron chi connectivity index (χ1n) is 6.84. The van der Waals surface area contributed by atoms with Gasteiger partial charge in [-0.25, -0.2) is 0 Å². The summed E-state index contributed by atoms with van der Waals surface area (Å²) in [5.41, 5.74) is 5.62. The Hall–Kier alpha value is -0.380. The standard InChI is InChI=1S/C15H23BrN2/c1-10-5-3-7-12(9-10)15(18-17)13-8-4-6-11(2)14(13)16/h4,6,8,10,12,15,18H,3,5,7,9,17H2,1-2H3. The first kappa shape index (κ1) is 14.0. The number of aryl methyl sites for hydroxylation is 1. The topological polar surface area (TPSA) is 38.0 Å². The van der Waals surface area contributed by atoms with Gasteiger partial charge in [-0.1, -0.05) is 53.9 Å². The number of benzene rings is 1. The van der Waals surface area contributed by atoms with Crippen molar-refractivity contribution in [2.75, 3.05) is 0 Å². The molecule has 0 amide bonds. The molecule has 0 spiro atoms. The van der Waals surface area contributed by atoms with Crippen molar-refractivity contribution in [3.63, 3.8) is 0 Å². The van der Waals surface area contributed by atoms with Crippen molar-refractivity contribution < 1.29 is 0 Å². The van der Waals surface area contributed by atoms with E-state index in [0.29, 0.717) is 5.92 Å². The highest BCUT2D eigenvalue weighted by Gasteiger charge is 2.28. The van der Waals surface area contributed by atoms with Crippen molar-refractivity contribution in [2.24, 2.45) is 17.7 Å². The summed E-state index contributed by atoms with van der Waals surface area (Å²) >= 11 is 3.71. The fraction of sp³-hybridized carbons (Fsp3) is 0.600. The Morgan fingerprint density at radius 2 is 2.17 bits per heavy atom. The van der Waals surface area contributed by atoms with Crippen LogP contribution in [0.1, 0.15) is 49.8 Å². The van der Waals surface area contributed by atoms with Gasteiger partial charge in [-0.3, -0.25) is 11.3 Å². The number of rotatable bonds is 3. The van der Waals surface area contributed by atoms with E-state index in [1.54, 1.807) is 0 Å². The summed E-state index contributed by atoms with van der Waals surface area (Å²) in [5.74, 6) is 7.30. The lowest BCUT2D eigenvalue weighted by Crippen LogP contribution is -2.35. The summed E-state index contributed by atoms with van der Waals surface area (Å²) in [6.45, 7) is 4.48. The molecule has 0 aromatic heterocycles. The molecule has 3 N–H and O–H groups in total. The van der Waals surface area contributed by atoms with Gasteiger partial charge in [-0.15, -0.1) is 0 Å². The molecule has 1 aliphatic rings. The van der Waals surface area contributed by atoms with E-state index in [2.05, 4.69) is 53.4 Å². The van der Waals surface area contributed by atoms with Gasteiger partial charge in [0.15, 0.2) is 0 Å². The number of hydrogen-bond donors (Lipinski definition) is 2. The van der Waals surface area contributed by atoms with Crippen LogP contribution in [0.25, 0.3) is 0 Å². The maximum absolute atomic E-state index is 5.83. The van der Waals surface area contributed by atoms with Gasteiger partial charge < -0.3 is 0 Å². The summed E-state index contributed by atoms with van der Waals surface area (Å²) in [4.78, 5) is 0. The van der Waals surface area contributed by atoms with Crippen LogP contribution in [0.4, 0.5) is 0 Å². The van der Waals surface area contributed by atoms with Crippen molar-refractivity contribution in [1.82, 2.24) is 5.43 Å². The maximum atomic E-state index is 5.83. The van der Waals surface area contributed by atoms with E-state index in [9.17, 15) is 0 Å². The molecule has 2 rings (SSSR count). The second-order valence-electron chi connectivity index (χ2n) is 5.65. The lowest BCUT2D eigenvalue weighted by molar-refractivity contribution is 0.224. The normalized spacial score (nSPS) is 26.0. The maximum Gasteiger partial charge on any atom is 0.0499 e. The van der Waals surface area contributed by atoms with Gasteiger partial charge in [-0.2, -0.15) is 0 Å². The van der Waals surface area contributed by atoms with Crippen LogP contribution in [-0.4, -0.2) is 0 Å². The Labute approximate surface area is 118 Å². The Kier molecular flexibility index (Phi) is 4.82. The fourth-order valence-electron chi connectivity index (χ4n) is 3.17. The van der Waals surface area contributed by atoms with Gasteiger partial charge in [0.1, 0.15) is 0 Å². The molecule has 0 saturated heterocycles. The van der Waals surface area contributed by atoms with Crippen molar-refractivity contribution in [3.05, 3.63) is 33.8 Å². The van der Waals surface area contributed by atoms with Gasteiger partial charge in [0.25, 0.3) is 0 Å². The lowest BCUT2D eigenvalue weighted by Gasteiger charge is -2.33. The zero-order chi connectivity index (χ0) is 13.1. The molecule has 3 heteroatoms. The average Bonchev–Trinajstić information content (AvgIpc) is 2.35. The molecule has 1 saturated carbocycles. The van der Waals surface area contributed by atoms with E-state index in [1.165, 1.54) is 41.3 Å². The second-order valence-corrected chi connectivity index (χ2v) is 6.45. The molecule has 2 nitrogen and oxygen atoms in total. The van der Waals surface area contributed by atoms with Gasteiger partial charge >= 0.3 is 0 Å². The molecule has 0 radical (unpaired) electrons. The molecule has 1 aromatic carbocycles. The summed E-state index contributed by atoms with van der Waals surface area (Å²) in [6, 6.07) is 6.69. The predicted octanol–water partition coefficient (Wildman–Crippen LogP) is 4.09. The SMILES string of the molecule is Cc1cccc(C(NN)C2CCCC(C)C2)c1Br. The third-order valence-corrected chi connectivity index (χ3v) is 5.27. The van der Waals surface area contributed by atoms with E-state index < -0.39 is 0 Å². The first-order valence-corrected chi connectivity index (χ1v) is 7.64. The second kappa shape index (κ2) is 6.18. The van der Waals surface area contributed by atoms with E-state index >= 15 is 0 Å². The van der Waals surface area contributed by atoms with Crippen molar-refractivity contribution in [1.29, 1.82) is 0 Å². The third kappa shape index (κ3) is 2.95. The molecule has 3 unspecified atom stereocenters. The Morgan fingerprint density at radius 3 is 2.83 bits per heavy atom. The summed E-state index contributed by atoms with van der Waals surface area (Å²) in [5, 5.41) is 0. The molecule has 3 atom stereocenters. The number of hydrazine groups is 1. The molecule has 1 aliphatic carbocycles. The molecular formula is C15H23BrN2. The van der Waals surface area contributed by atoms with Gasteiger partial charge in [0, 0.05) is 10.5 Å². The van der Waals surface area contributed by atoms with Crippen LogP contribution in [0.2, 0.25) is 0 Å². The van der Waals surface area contributed by atoms with Crippen LogP contribution >= 0.6 is 15.9 Å². The first-order chi connectivity index (χ1) is 8.63. The predicted molar refractivity (Wildman–Crippen MR) is 80.1 cm³/mol. The van der Waals surface area contributed by atoms with E-state index in [4.69, 9.17) is 5.84 Å². The fourth-order valence-corrected chi connectivity index (χ4v) is 3.68. The minimum absolute atomic E-state index is 0.266. The molecule has 18 heavy (non-hydrogen) atoms. The highest BCUT2D eigenvalue weighted by Crippen LogP contribution is 2.39. The minimum atomic E-state index is 0.266. The van der Waals surface area contributed by atoms with Crippen LogP contribution in [0.15, 0.2) is 22.7 Å². The quantitative estimate of drug-likeness (QED) is 0.652. The number of hydrogen-bond acceptors (Lipinski definition) is 2. The highest BCUT2D eigenvalue weighted by atomic mass is 79.9. The number of halogens is 1. The molecule has 1 fully saturated rings. The largest absolute Gasteiger partial charge is 0.271 e. The number of nitrogens with one attached hydrogen (secondary N) is 1. The van der Waals surface area contributed by atoms with E-state index in [0.717, 1.165) is 5.92 Å². The molecule has 0 aliphatic heterocycles. The van der Waals surface area contributed by atoms with Crippen LogP contribution in [0.5, 0.6) is 0 Å². The molecular weight excluding hydrogens is 288 g/mol. The van der Waals surface area contributed by atoms with Crippen LogP contribution in [-0.2, 0) is 0 Å². The van der Waals surface area contributed by atoms with E-state index in [-0.39, 0.29) is 6.04 Å². The average molecular weight is 311 g/mol. The van der Waals surface area contributed by atoms with Gasteiger partial charge in [0.2, 0.25) is 0 Å². The van der Waals surface area contributed by atoms with Gasteiger partial charge in [0.05, 0.1) is 0 Å². The minimum Gasteiger partial charge on any atom is -0.271 e. The molecule has 1 aromatic rings. The van der Waals surface area contributed by atoms with E-state index in [1.807, 2.05) is 0 Å². The lowest BCUT2D eigenvalue weighted by atomic mass is 9.77. The molecule has 0 bridgehead atoms. The van der Waals surface area contributed by atoms with Crippen molar-refractivity contribution in [3.8, 4) is 0 Å². The summed E-state index contributed by atoms with van der Waals surface area (Å²) in [6.07, 6.45) is 5.24. The van der Waals surface area contributed by atoms with Crippen molar-refractivity contribution in [2.45, 2.75) is 45.6 Å². The molecule has 0 heterocycles. The third-order valence-electron chi connectivity index (χ3n) is 4.18. The smallest absolute Gasteiger partial charge is 0.0499 e. The van der Waals surface area contributed by atoms with Crippen LogP contribution in [0, 0.1) is 18.8 Å². The van der Waals surface area contributed by atoms with Gasteiger partial charge in [-0.05, 0) is 42.7 Å². The highest BCUT2D eigenvalue weighted by molar-refractivity contribution is 9.10. The Bertz CT molecular complexity index is 405. The molecule has 100 valence electrons. The zero-order valence-electron chi connectivity index (χ0n) is 11.2. The Balaban J connectivity index is 2.24.